The van der Waals surface area contributed by atoms with E-state index < -0.39 is 0 Å². The number of hydrogen-bond donors (Lipinski definition) is 1. The van der Waals surface area contributed by atoms with Crippen molar-refractivity contribution in [2.75, 3.05) is 6.54 Å². The second kappa shape index (κ2) is 4.49. The second-order valence-corrected chi connectivity index (χ2v) is 3.62. The van der Waals surface area contributed by atoms with Gasteiger partial charge in [-0.1, -0.05) is 6.92 Å². The predicted molar refractivity (Wildman–Crippen MR) is 58.8 cm³/mol. The third-order valence-corrected chi connectivity index (χ3v) is 2.41. The van der Waals surface area contributed by atoms with Crippen LogP contribution in [-0.2, 0) is 0 Å². The molecule has 0 bridgehead atoms. The van der Waals surface area contributed by atoms with Gasteiger partial charge in [-0.3, -0.25) is 0 Å². The fourth-order valence-electron chi connectivity index (χ4n) is 1.52. The van der Waals surface area contributed by atoms with Crippen LogP contribution in [-0.4, -0.2) is 16.7 Å². The molecule has 0 aromatic carbocycles. The van der Waals surface area contributed by atoms with Crippen molar-refractivity contribution in [3.63, 3.8) is 0 Å². The Labute approximate surface area is 93.9 Å². The summed E-state index contributed by atoms with van der Waals surface area (Å²) >= 11 is 0. The third kappa shape index (κ3) is 1.99. The highest BCUT2D eigenvalue weighted by atomic mass is 16.4. The first-order chi connectivity index (χ1) is 7.72. The Kier molecular flexibility index (Phi) is 3.05. The lowest BCUT2D eigenvalue weighted by Gasteiger charge is -2.05. The third-order valence-electron chi connectivity index (χ3n) is 2.41. The van der Waals surface area contributed by atoms with Crippen LogP contribution in [0.4, 0.5) is 0 Å². The lowest BCUT2D eigenvalue weighted by atomic mass is 10.3. The van der Waals surface area contributed by atoms with E-state index in [1.807, 2.05) is 26.8 Å². The molecule has 2 aromatic heterocycles. The molecule has 0 radical (unpaired) electrons. The molecule has 0 saturated carbocycles. The molecule has 5 nitrogen and oxygen atoms in total. The molecule has 0 aliphatic heterocycles. The van der Waals surface area contributed by atoms with E-state index in [9.17, 15) is 0 Å². The topological polar surface area (TPSA) is 64.1 Å². The summed E-state index contributed by atoms with van der Waals surface area (Å²) in [6.45, 7) is 6.76. The van der Waals surface area contributed by atoms with Gasteiger partial charge in [0.2, 0.25) is 5.89 Å². The van der Waals surface area contributed by atoms with Gasteiger partial charge in [-0.15, -0.1) is 10.2 Å². The minimum absolute atomic E-state index is 0.0680. The average Bonchev–Trinajstić information content (AvgIpc) is 2.86. The highest BCUT2D eigenvalue weighted by molar-refractivity contribution is 5.54. The lowest BCUT2D eigenvalue weighted by molar-refractivity contribution is 0.428. The molecule has 1 unspecified atom stereocenters. The molecule has 0 saturated heterocycles. The molecule has 0 amide bonds. The van der Waals surface area contributed by atoms with Crippen molar-refractivity contribution in [3.05, 3.63) is 24.0 Å². The first kappa shape index (κ1) is 10.9. The average molecular weight is 221 g/mol. The van der Waals surface area contributed by atoms with Gasteiger partial charge in [0.1, 0.15) is 5.76 Å². The zero-order chi connectivity index (χ0) is 11.5. The van der Waals surface area contributed by atoms with Gasteiger partial charge in [0.05, 0.1) is 17.9 Å². The lowest BCUT2D eigenvalue weighted by Crippen LogP contribution is -2.17. The van der Waals surface area contributed by atoms with E-state index in [0.717, 1.165) is 17.9 Å². The van der Waals surface area contributed by atoms with Gasteiger partial charge in [0.25, 0.3) is 5.89 Å². The Hall–Kier alpha value is -1.62. The fraction of sp³-hybridized carbons (Fsp3) is 0.455. The van der Waals surface area contributed by atoms with Crippen LogP contribution in [0.1, 0.15) is 31.5 Å². The van der Waals surface area contributed by atoms with Crippen molar-refractivity contribution >= 4 is 0 Å². The normalized spacial score (nSPS) is 12.9. The summed E-state index contributed by atoms with van der Waals surface area (Å²) in [5, 5.41) is 11.2. The van der Waals surface area contributed by atoms with E-state index in [2.05, 4.69) is 15.5 Å². The van der Waals surface area contributed by atoms with Crippen LogP contribution in [0.5, 0.6) is 0 Å². The maximum Gasteiger partial charge on any atom is 0.251 e. The standard InChI is InChI=1S/C11H15N3O2/c1-4-12-7(2)10-13-14-11(16-10)9-5-6-15-8(9)3/h5-7,12H,4H2,1-3H3. The monoisotopic (exact) mass is 221 g/mol. The van der Waals surface area contributed by atoms with Crippen LogP contribution in [0, 0.1) is 6.92 Å². The van der Waals surface area contributed by atoms with E-state index >= 15 is 0 Å². The van der Waals surface area contributed by atoms with Crippen molar-refractivity contribution in [3.8, 4) is 11.5 Å². The molecule has 0 aliphatic rings. The quantitative estimate of drug-likeness (QED) is 0.858. The molecule has 2 heterocycles. The van der Waals surface area contributed by atoms with Crippen molar-refractivity contribution in [2.24, 2.45) is 0 Å². The molecule has 0 spiro atoms. The molecule has 2 rings (SSSR count). The predicted octanol–water partition coefficient (Wildman–Crippen LogP) is 2.31. The van der Waals surface area contributed by atoms with Crippen LogP contribution in [0.15, 0.2) is 21.2 Å². The van der Waals surface area contributed by atoms with Gasteiger partial charge < -0.3 is 14.2 Å². The van der Waals surface area contributed by atoms with Crippen LogP contribution in [0.3, 0.4) is 0 Å². The van der Waals surface area contributed by atoms with Gasteiger partial charge >= 0.3 is 0 Å². The van der Waals surface area contributed by atoms with E-state index in [4.69, 9.17) is 8.83 Å². The first-order valence-corrected chi connectivity index (χ1v) is 5.33. The molecule has 1 atom stereocenters. The van der Waals surface area contributed by atoms with Crippen molar-refractivity contribution in [1.82, 2.24) is 15.5 Å². The second-order valence-electron chi connectivity index (χ2n) is 3.62. The largest absolute Gasteiger partial charge is 0.469 e. The van der Waals surface area contributed by atoms with Crippen molar-refractivity contribution in [1.29, 1.82) is 0 Å². The Bertz CT molecular complexity index is 461. The van der Waals surface area contributed by atoms with Crippen LogP contribution in [0.25, 0.3) is 11.5 Å². The van der Waals surface area contributed by atoms with Crippen LogP contribution >= 0.6 is 0 Å². The van der Waals surface area contributed by atoms with Gasteiger partial charge in [0.15, 0.2) is 0 Å². The molecule has 2 aromatic rings. The van der Waals surface area contributed by atoms with Gasteiger partial charge in [-0.25, -0.2) is 0 Å². The summed E-state index contributed by atoms with van der Waals surface area (Å²) in [7, 11) is 0. The molecule has 0 aliphatic carbocycles. The minimum Gasteiger partial charge on any atom is -0.469 e. The molecular formula is C11H15N3O2. The Morgan fingerprint density at radius 3 is 2.88 bits per heavy atom. The zero-order valence-corrected chi connectivity index (χ0v) is 9.65. The van der Waals surface area contributed by atoms with Gasteiger partial charge in [0, 0.05) is 0 Å². The fourth-order valence-corrected chi connectivity index (χ4v) is 1.52. The van der Waals surface area contributed by atoms with Gasteiger partial charge in [-0.05, 0) is 26.5 Å². The Morgan fingerprint density at radius 2 is 2.25 bits per heavy atom. The summed E-state index contributed by atoms with van der Waals surface area (Å²) in [6.07, 6.45) is 1.61. The molecule has 1 N–H and O–H groups in total. The van der Waals surface area contributed by atoms with Gasteiger partial charge in [-0.2, -0.15) is 0 Å². The number of furan rings is 1. The summed E-state index contributed by atoms with van der Waals surface area (Å²) in [4.78, 5) is 0. The number of aryl methyl sites for hydroxylation is 1. The Morgan fingerprint density at radius 1 is 1.44 bits per heavy atom. The molecule has 16 heavy (non-hydrogen) atoms. The summed E-state index contributed by atoms with van der Waals surface area (Å²) in [5.74, 6) is 1.88. The molecule has 5 heteroatoms. The summed E-state index contributed by atoms with van der Waals surface area (Å²) in [5.41, 5.74) is 0.849. The van der Waals surface area contributed by atoms with E-state index in [-0.39, 0.29) is 6.04 Å². The zero-order valence-electron chi connectivity index (χ0n) is 9.65. The maximum absolute atomic E-state index is 5.58. The van der Waals surface area contributed by atoms with Crippen LogP contribution < -0.4 is 5.32 Å². The summed E-state index contributed by atoms with van der Waals surface area (Å²) in [6, 6.07) is 1.89. The molecule has 0 fully saturated rings. The minimum atomic E-state index is 0.0680. The number of aromatic nitrogens is 2. The number of nitrogens with zero attached hydrogens (tertiary/aromatic N) is 2. The number of hydrogen-bond acceptors (Lipinski definition) is 5. The maximum atomic E-state index is 5.58. The summed E-state index contributed by atoms with van der Waals surface area (Å²) < 4.78 is 10.8. The molecule has 86 valence electrons. The van der Waals surface area contributed by atoms with E-state index in [1.54, 1.807) is 6.26 Å². The smallest absolute Gasteiger partial charge is 0.251 e. The van der Waals surface area contributed by atoms with Crippen LogP contribution in [0.2, 0.25) is 0 Å². The van der Waals surface area contributed by atoms with Crippen molar-refractivity contribution < 1.29 is 8.83 Å². The Balaban J connectivity index is 2.23. The van der Waals surface area contributed by atoms with Crippen molar-refractivity contribution in [2.45, 2.75) is 26.8 Å². The SMILES string of the molecule is CCNC(C)c1nnc(-c2ccoc2C)o1. The number of rotatable bonds is 4. The highest BCUT2D eigenvalue weighted by Gasteiger charge is 2.16. The van der Waals surface area contributed by atoms with E-state index in [0.29, 0.717) is 11.8 Å². The first-order valence-electron chi connectivity index (χ1n) is 5.33. The number of nitrogens with one attached hydrogen (secondary N) is 1. The van der Waals surface area contributed by atoms with E-state index in [1.165, 1.54) is 0 Å². The highest BCUT2D eigenvalue weighted by Crippen LogP contribution is 2.24. The molecular weight excluding hydrogens is 206 g/mol.